The van der Waals surface area contributed by atoms with Crippen molar-refractivity contribution in [3.05, 3.63) is 65.0 Å². The fraction of sp³-hybridized carbons (Fsp3) is 0.400. The molecule has 0 bridgehead atoms. The number of nitrogens with one attached hydrogen (secondary N) is 3. The number of halogens is 3. The molecular weight excluding hydrogens is 461 g/mol. The smallest absolute Gasteiger partial charge is 0.251 e. The third-order valence-corrected chi connectivity index (χ3v) is 6.14. The zero-order valence-electron chi connectivity index (χ0n) is 20.0. The van der Waals surface area contributed by atoms with E-state index in [0.717, 1.165) is 24.3 Å². The maximum absolute atomic E-state index is 14.2. The summed E-state index contributed by atoms with van der Waals surface area (Å²) in [6, 6.07) is 4.14. The lowest BCUT2D eigenvalue weighted by molar-refractivity contribution is -0.144. The van der Waals surface area contributed by atoms with Crippen LogP contribution >= 0.6 is 0 Å². The Kier molecular flexibility index (Phi) is 8.16. The molecule has 2 aromatic rings. The van der Waals surface area contributed by atoms with Gasteiger partial charge in [-0.05, 0) is 61.7 Å². The van der Waals surface area contributed by atoms with E-state index in [4.69, 9.17) is 0 Å². The number of benzene rings is 2. The molecule has 3 N–H and O–H groups in total. The molecule has 3 unspecified atom stereocenters. The van der Waals surface area contributed by atoms with Crippen molar-refractivity contribution < 1.29 is 27.6 Å². The summed E-state index contributed by atoms with van der Waals surface area (Å²) in [6.45, 7) is 5.22. The molecular formula is C25H29F3N4O3. The lowest BCUT2D eigenvalue weighted by atomic mass is 9.90. The van der Waals surface area contributed by atoms with Crippen LogP contribution in [0, 0.1) is 23.4 Å². The van der Waals surface area contributed by atoms with Gasteiger partial charge in [0.25, 0.3) is 5.91 Å². The van der Waals surface area contributed by atoms with Crippen LogP contribution in [0.3, 0.4) is 0 Å². The molecule has 35 heavy (non-hydrogen) atoms. The van der Waals surface area contributed by atoms with Crippen molar-refractivity contribution in [2.45, 2.75) is 45.3 Å². The van der Waals surface area contributed by atoms with Crippen molar-refractivity contribution in [2.24, 2.45) is 5.92 Å². The van der Waals surface area contributed by atoms with E-state index in [0.29, 0.717) is 12.0 Å². The summed E-state index contributed by atoms with van der Waals surface area (Å²) in [5.74, 6) is -4.79. The van der Waals surface area contributed by atoms with E-state index in [9.17, 15) is 27.6 Å². The van der Waals surface area contributed by atoms with Crippen molar-refractivity contribution in [2.75, 3.05) is 18.9 Å². The molecule has 0 aliphatic carbocycles. The Morgan fingerprint density at radius 3 is 2.29 bits per heavy atom. The highest BCUT2D eigenvalue weighted by Crippen LogP contribution is 2.33. The standard InChI is InChI=1S/C25H29F3N4O3/c1-13(2)20(30-23(33)14(3)29-4)25(35)32-11-10-15-8-9-16(26)12-17(15)22(32)24(34)31-21-18(27)6-5-7-19(21)28/h5-9,12-14,20,22,29H,10-11H2,1-4H3,(H,30,33)(H,31,34). The molecule has 0 fully saturated rings. The van der Waals surface area contributed by atoms with Crippen LogP contribution in [0.2, 0.25) is 0 Å². The number of anilines is 1. The molecule has 0 saturated heterocycles. The number of carbonyl (C=O) groups is 3. The Labute approximate surface area is 202 Å². The highest BCUT2D eigenvalue weighted by Gasteiger charge is 2.40. The van der Waals surface area contributed by atoms with Crippen molar-refractivity contribution in [3.8, 4) is 0 Å². The van der Waals surface area contributed by atoms with Crippen LogP contribution in [0.4, 0.5) is 18.9 Å². The zero-order chi connectivity index (χ0) is 25.9. The molecule has 0 aromatic heterocycles. The van der Waals surface area contributed by atoms with E-state index >= 15 is 0 Å². The van der Waals surface area contributed by atoms with Gasteiger partial charge in [0.05, 0.1) is 6.04 Å². The first kappa shape index (κ1) is 26.2. The van der Waals surface area contributed by atoms with E-state index in [-0.39, 0.29) is 18.0 Å². The Morgan fingerprint density at radius 2 is 1.69 bits per heavy atom. The predicted octanol–water partition coefficient (Wildman–Crippen LogP) is 2.92. The second-order valence-electron chi connectivity index (χ2n) is 8.85. The lowest BCUT2D eigenvalue weighted by Crippen LogP contribution is -2.57. The number of amides is 3. The predicted molar refractivity (Wildman–Crippen MR) is 125 cm³/mol. The first-order valence-electron chi connectivity index (χ1n) is 11.4. The average molecular weight is 491 g/mol. The number of carbonyl (C=O) groups excluding carboxylic acids is 3. The van der Waals surface area contributed by atoms with Gasteiger partial charge < -0.3 is 20.9 Å². The number of rotatable bonds is 7. The highest BCUT2D eigenvalue weighted by atomic mass is 19.1. The van der Waals surface area contributed by atoms with Gasteiger partial charge in [0.2, 0.25) is 11.8 Å². The Bertz CT molecular complexity index is 1100. The van der Waals surface area contributed by atoms with E-state index in [1.165, 1.54) is 17.0 Å². The van der Waals surface area contributed by atoms with Gasteiger partial charge in [-0.3, -0.25) is 14.4 Å². The van der Waals surface area contributed by atoms with Crippen LogP contribution in [-0.4, -0.2) is 48.3 Å². The summed E-state index contributed by atoms with van der Waals surface area (Å²) in [5, 5.41) is 7.73. The molecule has 188 valence electrons. The van der Waals surface area contributed by atoms with Crippen LogP contribution in [-0.2, 0) is 20.8 Å². The second-order valence-corrected chi connectivity index (χ2v) is 8.85. The van der Waals surface area contributed by atoms with Gasteiger partial charge in [0.1, 0.15) is 35.2 Å². The molecule has 3 amide bonds. The van der Waals surface area contributed by atoms with Gasteiger partial charge in [-0.2, -0.15) is 0 Å². The Hall–Kier alpha value is -3.40. The largest absolute Gasteiger partial charge is 0.343 e. The van der Waals surface area contributed by atoms with Crippen molar-refractivity contribution in [3.63, 3.8) is 0 Å². The number of hydrogen-bond donors (Lipinski definition) is 3. The maximum atomic E-state index is 14.2. The first-order valence-corrected chi connectivity index (χ1v) is 11.4. The van der Waals surface area contributed by atoms with E-state index < -0.39 is 59.0 Å². The third kappa shape index (κ3) is 5.64. The molecule has 1 heterocycles. The number of fused-ring (bicyclic) bond motifs is 1. The van der Waals surface area contributed by atoms with Crippen molar-refractivity contribution in [1.82, 2.24) is 15.5 Å². The summed E-state index contributed by atoms with van der Waals surface area (Å²) in [5.41, 5.74) is 0.194. The normalized spacial score (nSPS) is 16.9. The van der Waals surface area contributed by atoms with Gasteiger partial charge in [-0.25, -0.2) is 13.2 Å². The topological polar surface area (TPSA) is 90.5 Å². The minimum absolute atomic E-state index is 0.0932. The van der Waals surface area contributed by atoms with Gasteiger partial charge in [-0.1, -0.05) is 26.0 Å². The van der Waals surface area contributed by atoms with Gasteiger partial charge >= 0.3 is 0 Å². The first-order chi connectivity index (χ1) is 16.5. The van der Waals surface area contributed by atoms with Crippen LogP contribution in [0.25, 0.3) is 0 Å². The molecule has 3 atom stereocenters. The van der Waals surface area contributed by atoms with E-state index in [1.54, 1.807) is 27.8 Å². The summed E-state index contributed by atoms with van der Waals surface area (Å²) in [7, 11) is 1.61. The maximum Gasteiger partial charge on any atom is 0.251 e. The summed E-state index contributed by atoms with van der Waals surface area (Å²) in [6.07, 6.45) is 0.338. The quantitative estimate of drug-likeness (QED) is 0.557. The minimum atomic E-state index is -1.36. The summed E-state index contributed by atoms with van der Waals surface area (Å²) in [4.78, 5) is 40.7. The molecule has 1 aliphatic rings. The number of para-hydroxylation sites is 1. The average Bonchev–Trinajstić information content (AvgIpc) is 2.82. The van der Waals surface area contributed by atoms with Crippen molar-refractivity contribution >= 4 is 23.4 Å². The zero-order valence-corrected chi connectivity index (χ0v) is 20.0. The SMILES string of the molecule is CNC(C)C(=O)NC(C(=O)N1CCc2ccc(F)cc2C1C(=O)Nc1c(F)cccc1F)C(C)C. The minimum Gasteiger partial charge on any atom is -0.343 e. The lowest BCUT2D eigenvalue weighted by Gasteiger charge is -2.39. The monoisotopic (exact) mass is 490 g/mol. The fourth-order valence-corrected chi connectivity index (χ4v) is 4.02. The molecule has 3 rings (SSSR count). The van der Waals surface area contributed by atoms with Gasteiger partial charge in [0.15, 0.2) is 0 Å². The van der Waals surface area contributed by atoms with E-state index in [2.05, 4.69) is 16.0 Å². The van der Waals surface area contributed by atoms with Crippen LogP contribution < -0.4 is 16.0 Å². The molecule has 10 heteroatoms. The summed E-state index contributed by atoms with van der Waals surface area (Å²) < 4.78 is 42.6. The fourth-order valence-electron chi connectivity index (χ4n) is 4.02. The Morgan fingerprint density at radius 1 is 1.03 bits per heavy atom. The van der Waals surface area contributed by atoms with Gasteiger partial charge in [-0.15, -0.1) is 0 Å². The number of hydrogen-bond acceptors (Lipinski definition) is 4. The van der Waals surface area contributed by atoms with E-state index in [1.807, 2.05) is 0 Å². The van der Waals surface area contributed by atoms with Crippen molar-refractivity contribution in [1.29, 1.82) is 0 Å². The van der Waals surface area contributed by atoms with Crippen LogP contribution in [0.1, 0.15) is 37.9 Å². The third-order valence-electron chi connectivity index (χ3n) is 6.14. The summed E-state index contributed by atoms with van der Waals surface area (Å²) >= 11 is 0. The van der Waals surface area contributed by atoms with Gasteiger partial charge in [0, 0.05) is 6.54 Å². The Balaban J connectivity index is 2.00. The second kappa shape index (κ2) is 10.9. The molecule has 7 nitrogen and oxygen atoms in total. The molecule has 0 radical (unpaired) electrons. The highest BCUT2D eigenvalue weighted by molar-refractivity contribution is 6.00. The molecule has 2 aromatic carbocycles. The molecule has 0 saturated carbocycles. The van der Waals surface area contributed by atoms with Crippen LogP contribution in [0.5, 0.6) is 0 Å². The number of likely N-dealkylation sites (N-methyl/N-ethyl adjacent to an activating group) is 1. The molecule has 0 spiro atoms. The van der Waals surface area contributed by atoms with Crippen LogP contribution in [0.15, 0.2) is 36.4 Å². The molecule has 1 aliphatic heterocycles. The number of nitrogens with zero attached hydrogens (tertiary/aromatic N) is 1.